The van der Waals surface area contributed by atoms with Gasteiger partial charge in [0.2, 0.25) is 0 Å². The van der Waals surface area contributed by atoms with Gasteiger partial charge in [0.05, 0.1) is 13.7 Å². The lowest BCUT2D eigenvalue weighted by Crippen LogP contribution is -2.46. The second-order valence-corrected chi connectivity index (χ2v) is 6.70. The first kappa shape index (κ1) is 18.3. The molecule has 0 heterocycles. The summed E-state index contributed by atoms with van der Waals surface area (Å²) < 4.78 is 10.9. The fourth-order valence-electron chi connectivity index (χ4n) is 3.38. The summed E-state index contributed by atoms with van der Waals surface area (Å²) >= 11 is 0. The van der Waals surface area contributed by atoms with E-state index < -0.39 is 11.7 Å². The van der Waals surface area contributed by atoms with Crippen LogP contribution in [0.2, 0.25) is 0 Å². The molecule has 0 saturated carbocycles. The minimum absolute atomic E-state index is 0.160. The first-order valence-corrected chi connectivity index (χ1v) is 8.91. The van der Waals surface area contributed by atoms with E-state index in [9.17, 15) is 9.90 Å². The lowest BCUT2D eigenvalue weighted by molar-refractivity contribution is -0.128. The summed E-state index contributed by atoms with van der Waals surface area (Å²) in [6.45, 7) is 1.86. The molecule has 0 saturated heterocycles. The van der Waals surface area contributed by atoms with Crippen LogP contribution in [-0.4, -0.2) is 30.8 Å². The summed E-state index contributed by atoms with van der Waals surface area (Å²) in [5.74, 6) is 1.17. The van der Waals surface area contributed by atoms with Crippen molar-refractivity contribution in [3.05, 3.63) is 59.7 Å². The van der Waals surface area contributed by atoms with Gasteiger partial charge in [0.1, 0.15) is 17.1 Å². The highest BCUT2D eigenvalue weighted by molar-refractivity contribution is 5.80. The van der Waals surface area contributed by atoms with Crippen molar-refractivity contribution >= 4 is 5.91 Å². The van der Waals surface area contributed by atoms with Crippen LogP contribution < -0.4 is 14.8 Å². The minimum Gasteiger partial charge on any atom is -0.497 e. The van der Waals surface area contributed by atoms with E-state index in [2.05, 4.69) is 5.32 Å². The molecule has 0 aliphatic heterocycles. The van der Waals surface area contributed by atoms with E-state index in [1.54, 1.807) is 14.0 Å². The zero-order chi connectivity index (χ0) is 18.6. The number of carbonyl (C=O) groups is 1. The number of hydrogen-bond acceptors (Lipinski definition) is 4. The Morgan fingerprint density at radius 2 is 2.00 bits per heavy atom. The maximum atomic E-state index is 12.4. The number of fused-ring (bicyclic) bond motifs is 1. The van der Waals surface area contributed by atoms with Gasteiger partial charge in [0, 0.05) is 0 Å². The summed E-state index contributed by atoms with van der Waals surface area (Å²) in [5.41, 5.74) is 0.865. The Labute approximate surface area is 153 Å². The molecule has 138 valence electrons. The van der Waals surface area contributed by atoms with E-state index in [1.807, 2.05) is 48.5 Å². The van der Waals surface area contributed by atoms with Crippen molar-refractivity contribution in [2.45, 2.75) is 37.9 Å². The molecule has 1 amide bonds. The van der Waals surface area contributed by atoms with Gasteiger partial charge in [-0.2, -0.15) is 0 Å². The number of nitrogens with one attached hydrogen (secondary N) is 1. The van der Waals surface area contributed by atoms with Gasteiger partial charge < -0.3 is 19.9 Å². The topological polar surface area (TPSA) is 67.8 Å². The van der Waals surface area contributed by atoms with Gasteiger partial charge in [-0.1, -0.05) is 24.3 Å². The van der Waals surface area contributed by atoms with Gasteiger partial charge >= 0.3 is 0 Å². The summed E-state index contributed by atoms with van der Waals surface area (Å²) in [7, 11) is 1.63. The maximum absolute atomic E-state index is 12.4. The predicted octanol–water partition coefficient (Wildman–Crippen LogP) is 2.80. The molecule has 0 aromatic heterocycles. The second-order valence-electron chi connectivity index (χ2n) is 6.70. The first-order chi connectivity index (χ1) is 12.5. The third-order valence-electron chi connectivity index (χ3n) is 4.83. The Morgan fingerprint density at radius 1 is 1.23 bits per heavy atom. The van der Waals surface area contributed by atoms with Gasteiger partial charge in [-0.25, -0.2) is 0 Å². The highest BCUT2D eigenvalue weighted by atomic mass is 16.5. The van der Waals surface area contributed by atoms with Gasteiger partial charge in [0.25, 0.3) is 5.91 Å². The molecule has 2 N–H and O–H groups in total. The molecule has 0 radical (unpaired) electrons. The molecule has 2 atom stereocenters. The van der Waals surface area contributed by atoms with Crippen LogP contribution in [0.5, 0.6) is 11.5 Å². The minimum atomic E-state index is -1.07. The Kier molecular flexibility index (Phi) is 5.47. The molecule has 2 unspecified atom stereocenters. The number of carbonyl (C=O) groups excluding carboxylic acids is 1. The van der Waals surface area contributed by atoms with Crippen molar-refractivity contribution in [3.63, 3.8) is 0 Å². The predicted molar refractivity (Wildman–Crippen MR) is 99.4 cm³/mol. The molecular weight excluding hydrogens is 330 g/mol. The van der Waals surface area contributed by atoms with Crippen LogP contribution in [-0.2, 0) is 16.8 Å². The maximum Gasteiger partial charge on any atom is 0.260 e. The second kappa shape index (κ2) is 7.79. The van der Waals surface area contributed by atoms with Gasteiger partial charge in [-0.05, 0) is 61.6 Å². The standard InChI is InChI=1S/C21H25NO4/c1-15(26-17-8-4-3-5-9-17)20(23)22-14-21(24)12-6-7-16-13-18(25-2)10-11-19(16)21/h3-5,8-11,13,15,24H,6-7,12,14H2,1-2H3,(H,22,23). The number of methoxy groups -OCH3 is 1. The van der Waals surface area contributed by atoms with Crippen molar-refractivity contribution in [2.75, 3.05) is 13.7 Å². The quantitative estimate of drug-likeness (QED) is 0.836. The molecule has 1 aliphatic carbocycles. The van der Waals surface area contributed by atoms with Crippen molar-refractivity contribution in [2.24, 2.45) is 0 Å². The van der Waals surface area contributed by atoms with Crippen molar-refractivity contribution in [3.8, 4) is 11.5 Å². The lowest BCUT2D eigenvalue weighted by atomic mass is 9.79. The van der Waals surface area contributed by atoms with Gasteiger partial charge in [-0.3, -0.25) is 4.79 Å². The van der Waals surface area contributed by atoms with Crippen LogP contribution in [0.4, 0.5) is 0 Å². The summed E-state index contributed by atoms with van der Waals surface area (Å²) in [5, 5.41) is 13.9. The average Bonchev–Trinajstić information content (AvgIpc) is 2.66. The number of aryl methyl sites for hydroxylation is 1. The molecule has 2 aromatic rings. The Hall–Kier alpha value is -2.53. The van der Waals surface area contributed by atoms with Gasteiger partial charge in [0.15, 0.2) is 6.10 Å². The normalized spacial score (nSPS) is 20.0. The Balaban J connectivity index is 1.65. The SMILES string of the molecule is COc1ccc2c(c1)CCCC2(O)CNC(=O)C(C)Oc1ccccc1. The smallest absolute Gasteiger partial charge is 0.260 e. The highest BCUT2D eigenvalue weighted by Gasteiger charge is 2.35. The number of ether oxygens (including phenoxy) is 2. The summed E-state index contributed by atoms with van der Waals surface area (Å²) in [6.07, 6.45) is 1.74. The van der Waals surface area contributed by atoms with Crippen LogP contribution in [0.25, 0.3) is 0 Å². The molecule has 3 rings (SSSR count). The van der Waals surface area contributed by atoms with Crippen molar-refractivity contribution in [1.29, 1.82) is 0 Å². The molecule has 0 spiro atoms. The number of benzene rings is 2. The van der Waals surface area contributed by atoms with Crippen LogP contribution in [0.1, 0.15) is 30.9 Å². The van der Waals surface area contributed by atoms with E-state index in [1.165, 1.54) is 0 Å². The summed E-state index contributed by atoms with van der Waals surface area (Å²) in [6, 6.07) is 14.9. The molecule has 26 heavy (non-hydrogen) atoms. The fraction of sp³-hybridized carbons (Fsp3) is 0.381. The van der Waals surface area contributed by atoms with Crippen LogP contribution >= 0.6 is 0 Å². The molecule has 5 heteroatoms. The molecule has 1 aliphatic rings. The zero-order valence-corrected chi connectivity index (χ0v) is 15.2. The van der Waals surface area contributed by atoms with Crippen molar-refractivity contribution in [1.82, 2.24) is 5.32 Å². The van der Waals surface area contributed by atoms with E-state index in [0.717, 1.165) is 29.7 Å². The largest absolute Gasteiger partial charge is 0.497 e. The Morgan fingerprint density at radius 3 is 2.73 bits per heavy atom. The molecule has 0 fully saturated rings. The molecule has 2 aromatic carbocycles. The molecular formula is C21H25NO4. The van der Waals surface area contributed by atoms with Gasteiger partial charge in [-0.15, -0.1) is 0 Å². The highest BCUT2D eigenvalue weighted by Crippen LogP contribution is 2.36. The summed E-state index contributed by atoms with van der Waals surface area (Å²) in [4.78, 5) is 12.4. The number of rotatable bonds is 6. The van der Waals surface area contributed by atoms with Crippen molar-refractivity contribution < 1.29 is 19.4 Å². The van der Waals surface area contributed by atoms with Crippen LogP contribution in [0, 0.1) is 0 Å². The van der Waals surface area contributed by atoms with Crippen LogP contribution in [0.15, 0.2) is 48.5 Å². The third kappa shape index (κ3) is 3.99. The number of aliphatic hydroxyl groups is 1. The third-order valence-corrected chi connectivity index (χ3v) is 4.83. The van der Waals surface area contributed by atoms with E-state index in [-0.39, 0.29) is 12.5 Å². The lowest BCUT2D eigenvalue weighted by Gasteiger charge is -2.35. The fourth-order valence-corrected chi connectivity index (χ4v) is 3.38. The molecule has 0 bridgehead atoms. The monoisotopic (exact) mass is 355 g/mol. The average molecular weight is 355 g/mol. The Bertz CT molecular complexity index is 762. The number of para-hydroxylation sites is 1. The molecule has 5 nitrogen and oxygen atoms in total. The van der Waals surface area contributed by atoms with E-state index >= 15 is 0 Å². The van der Waals surface area contributed by atoms with Crippen LogP contribution in [0.3, 0.4) is 0 Å². The first-order valence-electron chi connectivity index (χ1n) is 8.91. The van der Waals surface area contributed by atoms with E-state index in [0.29, 0.717) is 12.2 Å². The number of hydrogen-bond donors (Lipinski definition) is 2. The zero-order valence-electron chi connectivity index (χ0n) is 15.2. The van der Waals surface area contributed by atoms with E-state index in [4.69, 9.17) is 9.47 Å². The number of amides is 1.